The van der Waals surface area contributed by atoms with Crippen LogP contribution < -0.4 is 9.47 Å². The van der Waals surface area contributed by atoms with Gasteiger partial charge in [-0.25, -0.2) is 0 Å². The second-order valence-corrected chi connectivity index (χ2v) is 6.87. The van der Waals surface area contributed by atoms with Crippen LogP contribution in [0.5, 0.6) is 11.5 Å². The van der Waals surface area contributed by atoms with Gasteiger partial charge in [-0.1, -0.05) is 12.1 Å². The minimum atomic E-state index is -0.119. The van der Waals surface area contributed by atoms with E-state index in [1.54, 1.807) is 43.3 Å². The normalized spacial score (nSPS) is 13.1. The van der Waals surface area contributed by atoms with Crippen molar-refractivity contribution >= 4 is 11.8 Å². The van der Waals surface area contributed by atoms with Crippen LogP contribution in [0.4, 0.5) is 0 Å². The maximum atomic E-state index is 12.7. The number of para-hydroxylation sites is 2. The number of methoxy groups -OCH3 is 3. The van der Waals surface area contributed by atoms with E-state index >= 15 is 0 Å². The van der Waals surface area contributed by atoms with Gasteiger partial charge in [-0.2, -0.15) is 0 Å². The SMILES string of the molecule is COCCN(CCOC)C(=O)CCN(C(=O)COc1ccccc1OC)C1CC1. The van der Waals surface area contributed by atoms with E-state index in [1.807, 2.05) is 12.1 Å². The largest absolute Gasteiger partial charge is 0.493 e. The third-order valence-corrected chi connectivity index (χ3v) is 4.78. The Morgan fingerprint density at radius 3 is 2.10 bits per heavy atom. The topological polar surface area (TPSA) is 77.5 Å². The third kappa shape index (κ3) is 7.55. The minimum absolute atomic E-state index is 0.0109. The highest BCUT2D eigenvalue weighted by atomic mass is 16.5. The van der Waals surface area contributed by atoms with E-state index in [0.717, 1.165) is 12.8 Å². The number of benzene rings is 1. The standard InChI is InChI=1S/C21H32N2O6/c1-26-14-12-22(13-15-27-2)20(24)10-11-23(17-8-9-17)21(25)16-29-19-7-5-4-6-18(19)28-3/h4-7,17H,8-16H2,1-3H3. The van der Waals surface area contributed by atoms with E-state index < -0.39 is 0 Å². The summed E-state index contributed by atoms with van der Waals surface area (Å²) < 4.78 is 21.1. The van der Waals surface area contributed by atoms with Gasteiger partial charge < -0.3 is 28.7 Å². The van der Waals surface area contributed by atoms with Gasteiger partial charge in [0.2, 0.25) is 5.91 Å². The van der Waals surface area contributed by atoms with Crippen LogP contribution in [0, 0.1) is 0 Å². The number of ether oxygens (including phenoxy) is 4. The van der Waals surface area contributed by atoms with Crippen LogP contribution in [-0.4, -0.2) is 88.4 Å². The van der Waals surface area contributed by atoms with Gasteiger partial charge in [0.05, 0.1) is 20.3 Å². The van der Waals surface area contributed by atoms with Gasteiger partial charge >= 0.3 is 0 Å². The number of rotatable bonds is 14. The molecule has 0 unspecified atom stereocenters. The molecule has 0 aliphatic heterocycles. The average Bonchev–Trinajstić information content (AvgIpc) is 3.57. The summed E-state index contributed by atoms with van der Waals surface area (Å²) in [4.78, 5) is 28.8. The van der Waals surface area contributed by atoms with Crippen molar-refractivity contribution in [2.24, 2.45) is 0 Å². The number of carbonyl (C=O) groups excluding carboxylic acids is 2. The lowest BCUT2D eigenvalue weighted by molar-refractivity contribution is -0.136. The minimum Gasteiger partial charge on any atom is -0.493 e. The molecule has 1 aromatic carbocycles. The van der Waals surface area contributed by atoms with Gasteiger partial charge in [-0.05, 0) is 25.0 Å². The fourth-order valence-corrected chi connectivity index (χ4v) is 3.00. The van der Waals surface area contributed by atoms with Gasteiger partial charge in [-0.15, -0.1) is 0 Å². The van der Waals surface area contributed by atoms with Crippen LogP contribution in [0.3, 0.4) is 0 Å². The highest BCUT2D eigenvalue weighted by molar-refractivity contribution is 5.80. The van der Waals surface area contributed by atoms with Crippen LogP contribution in [0.1, 0.15) is 19.3 Å². The first-order chi connectivity index (χ1) is 14.1. The van der Waals surface area contributed by atoms with Crippen molar-refractivity contribution in [1.82, 2.24) is 9.80 Å². The molecule has 0 saturated heterocycles. The second-order valence-electron chi connectivity index (χ2n) is 6.87. The van der Waals surface area contributed by atoms with Crippen LogP contribution >= 0.6 is 0 Å². The summed E-state index contributed by atoms with van der Waals surface area (Å²) in [7, 11) is 4.77. The van der Waals surface area contributed by atoms with Crippen molar-refractivity contribution in [2.45, 2.75) is 25.3 Å². The molecule has 0 radical (unpaired) electrons. The molecule has 0 spiro atoms. The lowest BCUT2D eigenvalue weighted by Gasteiger charge is -2.26. The first-order valence-electron chi connectivity index (χ1n) is 9.91. The first kappa shape index (κ1) is 23.0. The Hall–Kier alpha value is -2.32. The highest BCUT2D eigenvalue weighted by Gasteiger charge is 2.33. The molecule has 1 fully saturated rings. The number of nitrogens with zero attached hydrogens (tertiary/aromatic N) is 2. The summed E-state index contributed by atoms with van der Waals surface area (Å²) >= 11 is 0. The zero-order chi connectivity index (χ0) is 21.1. The second kappa shape index (κ2) is 12.3. The molecule has 0 heterocycles. The van der Waals surface area contributed by atoms with E-state index in [-0.39, 0.29) is 30.9 Å². The molecule has 8 heteroatoms. The van der Waals surface area contributed by atoms with Gasteiger partial charge in [0.1, 0.15) is 0 Å². The Balaban J connectivity index is 1.88. The molecule has 0 N–H and O–H groups in total. The summed E-state index contributed by atoms with van der Waals surface area (Å²) in [5.74, 6) is 0.982. The van der Waals surface area contributed by atoms with Crippen molar-refractivity contribution in [3.05, 3.63) is 24.3 Å². The Labute approximate surface area is 172 Å². The molecule has 0 atom stereocenters. The summed E-state index contributed by atoms with van der Waals surface area (Å²) in [5, 5.41) is 0. The fourth-order valence-electron chi connectivity index (χ4n) is 3.00. The van der Waals surface area contributed by atoms with Crippen molar-refractivity contribution in [3.8, 4) is 11.5 Å². The summed E-state index contributed by atoms with van der Waals surface area (Å²) in [6, 6.07) is 7.41. The fraction of sp³-hybridized carbons (Fsp3) is 0.619. The predicted octanol–water partition coefficient (Wildman–Crippen LogP) is 1.58. The van der Waals surface area contributed by atoms with Crippen LogP contribution in [0.25, 0.3) is 0 Å². The molecule has 2 amide bonds. The lowest BCUT2D eigenvalue weighted by atomic mass is 10.3. The molecule has 0 aromatic heterocycles. The molecular weight excluding hydrogens is 376 g/mol. The Morgan fingerprint density at radius 2 is 1.55 bits per heavy atom. The lowest BCUT2D eigenvalue weighted by Crippen LogP contribution is -2.41. The molecule has 2 rings (SSSR count). The number of carbonyl (C=O) groups is 2. The van der Waals surface area contributed by atoms with E-state index in [9.17, 15) is 9.59 Å². The molecule has 1 aliphatic carbocycles. The van der Waals surface area contributed by atoms with E-state index in [2.05, 4.69) is 0 Å². The first-order valence-corrected chi connectivity index (χ1v) is 9.91. The maximum Gasteiger partial charge on any atom is 0.260 e. The molecule has 29 heavy (non-hydrogen) atoms. The van der Waals surface area contributed by atoms with Gasteiger partial charge in [-0.3, -0.25) is 9.59 Å². The van der Waals surface area contributed by atoms with E-state index in [0.29, 0.717) is 44.3 Å². The monoisotopic (exact) mass is 408 g/mol. The van der Waals surface area contributed by atoms with Crippen molar-refractivity contribution in [2.75, 3.05) is 60.8 Å². The molecule has 1 aliphatic rings. The zero-order valence-electron chi connectivity index (χ0n) is 17.6. The van der Waals surface area contributed by atoms with Crippen molar-refractivity contribution in [3.63, 3.8) is 0 Å². The molecule has 1 aromatic rings. The van der Waals surface area contributed by atoms with Crippen molar-refractivity contribution < 1.29 is 28.5 Å². The Bertz CT molecular complexity index is 642. The zero-order valence-corrected chi connectivity index (χ0v) is 17.6. The van der Waals surface area contributed by atoms with E-state index in [4.69, 9.17) is 18.9 Å². The summed E-state index contributed by atoms with van der Waals surface area (Å²) in [5.41, 5.74) is 0. The van der Waals surface area contributed by atoms with Crippen LogP contribution in [0.15, 0.2) is 24.3 Å². The van der Waals surface area contributed by atoms with E-state index in [1.165, 1.54) is 0 Å². The third-order valence-electron chi connectivity index (χ3n) is 4.78. The summed E-state index contributed by atoms with van der Waals surface area (Å²) in [6.45, 7) is 2.25. The molecule has 8 nitrogen and oxygen atoms in total. The predicted molar refractivity (Wildman–Crippen MR) is 108 cm³/mol. The van der Waals surface area contributed by atoms with Crippen LogP contribution in [-0.2, 0) is 19.1 Å². The highest BCUT2D eigenvalue weighted by Crippen LogP contribution is 2.28. The van der Waals surface area contributed by atoms with Crippen molar-refractivity contribution in [1.29, 1.82) is 0 Å². The van der Waals surface area contributed by atoms with Gasteiger partial charge in [0.15, 0.2) is 18.1 Å². The summed E-state index contributed by atoms with van der Waals surface area (Å²) in [6.07, 6.45) is 2.20. The Kier molecular flexibility index (Phi) is 9.73. The molecular formula is C21H32N2O6. The van der Waals surface area contributed by atoms with Crippen LogP contribution in [0.2, 0.25) is 0 Å². The number of hydrogen-bond donors (Lipinski definition) is 0. The quantitative estimate of drug-likeness (QED) is 0.465. The average molecular weight is 408 g/mol. The maximum absolute atomic E-state index is 12.7. The smallest absolute Gasteiger partial charge is 0.260 e. The van der Waals surface area contributed by atoms with Gasteiger partial charge in [0.25, 0.3) is 5.91 Å². The molecule has 162 valence electrons. The Morgan fingerprint density at radius 1 is 0.931 bits per heavy atom. The van der Waals surface area contributed by atoms with Gasteiger partial charge in [0, 0.05) is 46.3 Å². The number of amides is 2. The molecule has 1 saturated carbocycles. The number of hydrogen-bond acceptors (Lipinski definition) is 6. The molecule has 0 bridgehead atoms.